The third kappa shape index (κ3) is 4.21. The summed E-state index contributed by atoms with van der Waals surface area (Å²) >= 11 is 0. The highest BCUT2D eigenvalue weighted by Gasteiger charge is 2.21. The first-order valence-electron chi connectivity index (χ1n) is 13.0. The monoisotopic (exact) mass is 494 g/mol. The molecule has 0 amide bonds. The van der Waals surface area contributed by atoms with Gasteiger partial charge in [-0.15, -0.1) is 0 Å². The second-order valence-corrected chi connectivity index (χ2v) is 10.2. The van der Waals surface area contributed by atoms with Crippen molar-refractivity contribution in [1.29, 1.82) is 0 Å². The van der Waals surface area contributed by atoms with Gasteiger partial charge in [0.05, 0.1) is 22.9 Å². The smallest absolute Gasteiger partial charge is 0.159 e. The standard InChI is InChI=1S/C27H30N10/c1-35-8-10-37(11-9-35)27-25-21(4-5-29-27)31-26(32-25)24-20-13-22(30-16-23(20)33-34-24)19-12-18(14-28-15-19)17-36-6-2-3-7-36/h4-5,12-16H,2-3,6-11,17H2,1H3,(H,31,32)(H,33,34). The maximum atomic E-state index is 4.98. The van der Waals surface area contributed by atoms with Crippen LogP contribution in [0.25, 0.3) is 44.7 Å². The Morgan fingerprint density at radius 1 is 0.919 bits per heavy atom. The van der Waals surface area contributed by atoms with Crippen molar-refractivity contribution in [2.75, 3.05) is 51.2 Å². The van der Waals surface area contributed by atoms with Gasteiger partial charge in [0, 0.05) is 62.3 Å². The first-order valence-corrected chi connectivity index (χ1v) is 13.0. The number of piperazine rings is 1. The molecule has 5 aromatic rings. The van der Waals surface area contributed by atoms with E-state index < -0.39 is 0 Å². The Hall–Kier alpha value is -3.89. The zero-order chi connectivity index (χ0) is 24.8. The molecule has 0 spiro atoms. The van der Waals surface area contributed by atoms with E-state index >= 15 is 0 Å². The maximum absolute atomic E-state index is 4.98. The number of nitrogens with one attached hydrogen (secondary N) is 2. The van der Waals surface area contributed by atoms with Gasteiger partial charge in [-0.1, -0.05) is 0 Å². The SMILES string of the molecule is CN1CCN(c2nccc3[nH]c(-c4n[nH]c5cnc(-c6cncc(CN7CCCC7)c6)cc45)nc23)CC1. The second-order valence-electron chi connectivity index (χ2n) is 10.2. The third-order valence-electron chi connectivity index (χ3n) is 7.55. The molecule has 188 valence electrons. The summed E-state index contributed by atoms with van der Waals surface area (Å²) in [4.78, 5) is 29.5. The molecular weight excluding hydrogens is 464 g/mol. The molecule has 2 saturated heterocycles. The lowest BCUT2D eigenvalue weighted by molar-refractivity contribution is 0.312. The molecule has 7 rings (SSSR count). The van der Waals surface area contributed by atoms with E-state index in [-0.39, 0.29) is 0 Å². The predicted octanol–water partition coefficient (Wildman–Crippen LogP) is 3.31. The van der Waals surface area contributed by atoms with Gasteiger partial charge in [0.2, 0.25) is 0 Å². The number of aromatic amines is 2. The van der Waals surface area contributed by atoms with Crippen LogP contribution in [-0.4, -0.2) is 91.2 Å². The van der Waals surface area contributed by atoms with Crippen LogP contribution >= 0.6 is 0 Å². The average molecular weight is 495 g/mol. The summed E-state index contributed by atoms with van der Waals surface area (Å²) in [6.45, 7) is 7.17. The fourth-order valence-electron chi connectivity index (χ4n) is 5.45. The number of rotatable bonds is 5. The summed E-state index contributed by atoms with van der Waals surface area (Å²) in [5.41, 5.74) is 6.60. The molecule has 2 N–H and O–H groups in total. The molecule has 0 bridgehead atoms. The summed E-state index contributed by atoms with van der Waals surface area (Å²) in [5, 5.41) is 8.71. The number of hydrogen-bond donors (Lipinski definition) is 2. The third-order valence-corrected chi connectivity index (χ3v) is 7.55. The van der Waals surface area contributed by atoms with E-state index in [2.05, 4.69) is 59.0 Å². The van der Waals surface area contributed by atoms with Crippen LogP contribution in [0.5, 0.6) is 0 Å². The zero-order valence-electron chi connectivity index (χ0n) is 21.0. The second kappa shape index (κ2) is 9.20. The molecule has 7 heterocycles. The molecule has 2 fully saturated rings. The normalized spacial score (nSPS) is 17.4. The lowest BCUT2D eigenvalue weighted by atomic mass is 10.1. The number of imidazole rings is 1. The van der Waals surface area contributed by atoms with Crippen LogP contribution in [0.3, 0.4) is 0 Å². The molecule has 5 aromatic heterocycles. The maximum Gasteiger partial charge on any atom is 0.159 e. The molecular formula is C27H30N10. The number of likely N-dealkylation sites (tertiary alicyclic amines) is 1. The predicted molar refractivity (Wildman–Crippen MR) is 144 cm³/mol. The van der Waals surface area contributed by atoms with Crippen molar-refractivity contribution in [3.8, 4) is 22.8 Å². The summed E-state index contributed by atoms with van der Waals surface area (Å²) in [6.07, 6.45) is 10.1. The first-order chi connectivity index (χ1) is 18.2. The number of pyridine rings is 3. The van der Waals surface area contributed by atoms with Crippen molar-refractivity contribution in [1.82, 2.24) is 44.9 Å². The molecule has 10 nitrogen and oxygen atoms in total. The highest BCUT2D eigenvalue weighted by atomic mass is 15.3. The molecule has 2 aliphatic heterocycles. The van der Waals surface area contributed by atoms with Crippen LogP contribution in [0, 0.1) is 0 Å². The Labute approximate surface area is 214 Å². The zero-order valence-corrected chi connectivity index (χ0v) is 21.0. The average Bonchev–Trinajstić information content (AvgIpc) is 3.68. The van der Waals surface area contributed by atoms with Gasteiger partial charge in [-0.3, -0.25) is 20.0 Å². The van der Waals surface area contributed by atoms with Crippen molar-refractivity contribution < 1.29 is 0 Å². The van der Waals surface area contributed by atoms with Crippen molar-refractivity contribution in [2.24, 2.45) is 0 Å². The fraction of sp³-hybridized carbons (Fsp3) is 0.370. The summed E-state index contributed by atoms with van der Waals surface area (Å²) in [5.74, 6) is 1.65. The van der Waals surface area contributed by atoms with Gasteiger partial charge in [0.15, 0.2) is 11.6 Å². The minimum Gasteiger partial charge on any atom is -0.352 e. The van der Waals surface area contributed by atoms with Gasteiger partial charge in [0.1, 0.15) is 11.2 Å². The molecule has 0 radical (unpaired) electrons. The Kier molecular flexibility index (Phi) is 5.55. The Morgan fingerprint density at radius 3 is 2.65 bits per heavy atom. The lowest BCUT2D eigenvalue weighted by Crippen LogP contribution is -2.44. The topological polar surface area (TPSA) is 106 Å². The quantitative estimate of drug-likeness (QED) is 0.383. The number of H-pyrrole nitrogens is 2. The van der Waals surface area contributed by atoms with Gasteiger partial charge in [-0.25, -0.2) is 9.97 Å². The highest BCUT2D eigenvalue weighted by Crippen LogP contribution is 2.31. The Bertz CT molecular complexity index is 1560. The molecule has 37 heavy (non-hydrogen) atoms. The van der Waals surface area contributed by atoms with E-state index in [0.717, 1.165) is 96.3 Å². The molecule has 10 heteroatoms. The number of hydrogen-bond acceptors (Lipinski definition) is 8. The van der Waals surface area contributed by atoms with E-state index in [4.69, 9.17) is 9.97 Å². The van der Waals surface area contributed by atoms with Crippen LogP contribution in [-0.2, 0) is 6.54 Å². The lowest BCUT2D eigenvalue weighted by Gasteiger charge is -2.33. The fourth-order valence-corrected chi connectivity index (χ4v) is 5.45. The van der Waals surface area contributed by atoms with E-state index in [1.807, 2.05) is 30.9 Å². The molecule has 0 atom stereocenters. The minimum absolute atomic E-state index is 0.725. The minimum atomic E-state index is 0.725. The molecule has 0 unspecified atom stereocenters. The van der Waals surface area contributed by atoms with Gasteiger partial charge in [-0.05, 0) is 56.7 Å². The number of aromatic nitrogens is 7. The van der Waals surface area contributed by atoms with Gasteiger partial charge < -0.3 is 14.8 Å². The van der Waals surface area contributed by atoms with Crippen molar-refractivity contribution >= 4 is 27.8 Å². The van der Waals surface area contributed by atoms with Gasteiger partial charge >= 0.3 is 0 Å². The van der Waals surface area contributed by atoms with Crippen LogP contribution in [0.4, 0.5) is 5.82 Å². The number of likely N-dealkylation sites (N-methyl/N-ethyl adjacent to an activating group) is 1. The van der Waals surface area contributed by atoms with Crippen molar-refractivity contribution in [3.05, 3.63) is 48.5 Å². The van der Waals surface area contributed by atoms with Crippen LogP contribution < -0.4 is 4.90 Å². The first kappa shape index (κ1) is 22.3. The number of anilines is 1. The van der Waals surface area contributed by atoms with E-state index in [0.29, 0.717) is 0 Å². The van der Waals surface area contributed by atoms with Crippen LogP contribution in [0.15, 0.2) is 43.0 Å². The summed E-state index contributed by atoms with van der Waals surface area (Å²) in [7, 11) is 2.16. The number of nitrogens with zero attached hydrogens (tertiary/aromatic N) is 8. The van der Waals surface area contributed by atoms with E-state index in [1.54, 1.807) is 0 Å². The summed E-state index contributed by atoms with van der Waals surface area (Å²) < 4.78 is 0. The van der Waals surface area contributed by atoms with E-state index in [9.17, 15) is 0 Å². The molecule has 2 aliphatic rings. The molecule has 0 aromatic carbocycles. The number of fused-ring (bicyclic) bond motifs is 2. The highest BCUT2D eigenvalue weighted by molar-refractivity contribution is 5.96. The Morgan fingerprint density at radius 2 is 1.78 bits per heavy atom. The van der Waals surface area contributed by atoms with E-state index in [1.165, 1.54) is 18.4 Å². The summed E-state index contributed by atoms with van der Waals surface area (Å²) in [6, 6.07) is 6.26. The Balaban J connectivity index is 1.24. The largest absolute Gasteiger partial charge is 0.352 e. The van der Waals surface area contributed by atoms with Crippen LogP contribution in [0.1, 0.15) is 18.4 Å². The van der Waals surface area contributed by atoms with Crippen molar-refractivity contribution in [3.63, 3.8) is 0 Å². The van der Waals surface area contributed by atoms with Crippen molar-refractivity contribution in [2.45, 2.75) is 19.4 Å². The van der Waals surface area contributed by atoms with Crippen LogP contribution in [0.2, 0.25) is 0 Å². The molecule has 0 aliphatic carbocycles. The van der Waals surface area contributed by atoms with Gasteiger partial charge in [-0.2, -0.15) is 5.10 Å². The molecule has 0 saturated carbocycles. The van der Waals surface area contributed by atoms with Gasteiger partial charge in [0.25, 0.3) is 0 Å².